The van der Waals surface area contributed by atoms with E-state index in [2.05, 4.69) is 76.9 Å². The lowest BCUT2D eigenvalue weighted by atomic mass is 10.0. The molecule has 0 aliphatic carbocycles. The molecule has 28 heavy (non-hydrogen) atoms. The quantitative estimate of drug-likeness (QED) is 0.464. The van der Waals surface area contributed by atoms with Gasteiger partial charge in [-0.25, -0.2) is 4.68 Å². The largest absolute Gasteiger partial charge is 0.359 e. The molecule has 1 unspecified atom stereocenters. The first kappa shape index (κ1) is 17.1. The number of hydrogen-bond donors (Lipinski definition) is 1. The summed E-state index contributed by atoms with van der Waals surface area (Å²) < 4.78 is 4.37. The highest BCUT2D eigenvalue weighted by molar-refractivity contribution is 6.30. The van der Waals surface area contributed by atoms with Crippen LogP contribution in [0.15, 0.2) is 60.7 Å². The van der Waals surface area contributed by atoms with Crippen molar-refractivity contribution in [1.82, 2.24) is 14.3 Å². The minimum Gasteiger partial charge on any atom is -0.359 e. The van der Waals surface area contributed by atoms with Crippen molar-refractivity contribution in [2.45, 2.75) is 26.9 Å². The number of aryl methyl sites for hydroxylation is 2. The van der Waals surface area contributed by atoms with Gasteiger partial charge in [0.1, 0.15) is 6.17 Å². The third kappa shape index (κ3) is 2.56. The molecule has 0 spiro atoms. The van der Waals surface area contributed by atoms with Crippen LogP contribution in [-0.4, -0.2) is 14.3 Å². The molecule has 140 valence electrons. The van der Waals surface area contributed by atoms with E-state index in [-0.39, 0.29) is 6.17 Å². The van der Waals surface area contributed by atoms with E-state index in [1.54, 1.807) is 0 Å². The van der Waals surface area contributed by atoms with E-state index >= 15 is 0 Å². The molecule has 5 rings (SSSR count). The Morgan fingerprint density at radius 1 is 0.964 bits per heavy atom. The first-order valence-corrected chi connectivity index (χ1v) is 9.77. The van der Waals surface area contributed by atoms with Crippen molar-refractivity contribution in [2.24, 2.45) is 0 Å². The fourth-order valence-electron chi connectivity index (χ4n) is 4.22. The van der Waals surface area contributed by atoms with Crippen LogP contribution in [0, 0.1) is 20.8 Å². The molecular formula is C23H21ClN4. The first-order chi connectivity index (χ1) is 13.5. The van der Waals surface area contributed by atoms with Gasteiger partial charge in [0.15, 0.2) is 0 Å². The number of fused-ring (bicyclic) bond motifs is 3. The van der Waals surface area contributed by atoms with E-state index in [1.807, 2.05) is 19.1 Å². The number of nitrogens with one attached hydrogen (secondary N) is 1. The Hall–Kier alpha value is -2.98. The molecule has 1 aliphatic heterocycles. The third-order valence-corrected chi connectivity index (χ3v) is 5.70. The summed E-state index contributed by atoms with van der Waals surface area (Å²) in [5.74, 6) is 0. The van der Waals surface area contributed by atoms with Gasteiger partial charge in [-0.1, -0.05) is 29.8 Å². The Morgan fingerprint density at radius 3 is 2.50 bits per heavy atom. The van der Waals surface area contributed by atoms with E-state index in [9.17, 15) is 0 Å². The van der Waals surface area contributed by atoms with Crippen LogP contribution in [0.1, 0.15) is 28.8 Å². The fraction of sp³-hybridized carbons (Fsp3) is 0.174. The van der Waals surface area contributed by atoms with Gasteiger partial charge in [0.2, 0.25) is 0 Å². The maximum absolute atomic E-state index is 6.08. The lowest BCUT2D eigenvalue weighted by Gasteiger charge is -2.29. The van der Waals surface area contributed by atoms with Crippen LogP contribution < -0.4 is 5.32 Å². The van der Waals surface area contributed by atoms with E-state index in [4.69, 9.17) is 16.7 Å². The summed E-state index contributed by atoms with van der Waals surface area (Å²) in [6, 6.07) is 20.8. The monoisotopic (exact) mass is 388 g/mol. The van der Waals surface area contributed by atoms with Crippen molar-refractivity contribution in [2.75, 3.05) is 5.32 Å². The zero-order valence-electron chi connectivity index (χ0n) is 16.1. The van der Waals surface area contributed by atoms with E-state index < -0.39 is 0 Å². The average Bonchev–Trinajstić information content (AvgIpc) is 3.21. The van der Waals surface area contributed by atoms with Crippen LogP contribution in [0.4, 0.5) is 5.69 Å². The number of para-hydroxylation sites is 1. The van der Waals surface area contributed by atoms with E-state index in [1.165, 1.54) is 22.5 Å². The second-order valence-corrected chi connectivity index (χ2v) is 7.78. The molecule has 4 aromatic rings. The lowest BCUT2D eigenvalue weighted by Crippen LogP contribution is -2.26. The molecule has 0 saturated heterocycles. The van der Waals surface area contributed by atoms with Crippen molar-refractivity contribution >= 4 is 17.3 Å². The van der Waals surface area contributed by atoms with Gasteiger partial charge in [0, 0.05) is 38.9 Å². The number of rotatable bonds is 2. The van der Waals surface area contributed by atoms with Crippen molar-refractivity contribution in [1.29, 1.82) is 0 Å². The van der Waals surface area contributed by atoms with Crippen molar-refractivity contribution < 1.29 is 0 Å². The first-order valence-electron chi connectivity index (χ1n) is 9.40. The number of aromatic nitrogens is 3. The van der Waals surface area contributed by atoms with E-state index in [0.29, 0.717) is 0 Å². The Morgan fingerprint density at radius 2 is 1.71 bits per heavy atom. The smallest absolute Gasteiger partial charge is 0.149 e. The van der Waals surface area contributed by atoms with E-state index in [0.717, 1.165) is 27.8 Å². The van der Waals surface area contributed by atoms with Crippen LogP contribution in [0.25, 0.3) is 16.9 Å². The number of halogens is 1. The molecule has 0 radical (unpaired) electrons. The molecule has 1 aliphatic rings. The predicted molar refractivity (Wildman–Crippen MR) is 114 cm³/mol. The molecule has 2 aromatic carbocycles. The maximum Gasteiger partial charge on any atom is 0.149 e. The van der Waals surface area contributed by atoms with Gasteiger partial charge in [0.25, 0.3) is 0 Å². The molecule has 1 atom stereocenters. The van der Waals surface area contributed by atoms with Crippen LogP contribution >= 0.6 is 11.6 Å². The Labute approximate surface area is 169 Å². The van der Waals surface area contributed by atoms with Crippen LogP contribution in [-0.2, 0) is 0 Å². The topological polar surface area (TPSA) is 34.8 Å². The minimum atomic E-state index is -0.0501. The summed E-state index contributed by atoms with van der Waals surface area (Å²) in [6.45, 7) is 6.34. The second kappa shape index (κ2) is 6.28. The van der Waals surface area contributed by atoms with Gasteiger partial charge in [-0.05, 0) is 63.2 Å². The lowest BCUT2D eigenvalue weighted by molar-refractivity contribution is 0.568. The standard InChI is InChI=1S/C23H21ClN4/c1-14-12-22-19-6-4-5-7-21(19)25-23(28(22)26-14)20-13-15(2)27(16(20)3)18-10-8-17(24)9-11-18/h4-13,23,25H,1-3H3. The summed E-state index contributed by atoms with van der Waals surface area (Å²) in [5, 5.41) is 9.23. The van der Waals surface area contributed by atoms with Gasteiger partial charge < -0.3 is 9.88 Å². The average molecular weight is 389 g/mol. The van der Waals surface area contributed by atoms with Crippen LogP contribution in [0.3, 0.4) is 0 Å². The highest BCUT2D eigenvalue weighted by Crippen LogP contribution is 2.40. The van der Waals surface area contributed by atoms with Crippen molar-refractivity contribution in [3.05, 3.63) is 88.3 Å². The SMILES string of the molecule is Cc1cc2n(n1)C(c1cc(C)n(-c3ccc(Cl)cc3)c1C)Nc1ccccc1-2. The Kier molecular flexibility index (Phi) is 3.84. The highest BCUT2D eigenvalue weighted by atomic mass is 35.5. The number of hydrogen-bond acceptors (Lipinski definition) is 2. The summed E-state index contributed by atoms with van der Waals surface area (Å²) >= 11 is 6.08. The molecule has 0 bridgehead atoms. The molecule has 0 fully saturated rings. The molecule has 2 aromatic heterocycles. The zero-order valence-corrected chi connectivity index (χ0v) is 16.8. The highest BCUT2D eigenvalue weighted by Gasteiger charge is 2.29. The number of benzene rings is 2. The molecule has 0 saturated carbocycles. The minimum absolute atomic E-state index is 0.0501. The van der Waals surface area contributed by atoms with Gasteiger partial charge in [-0.2, -0.15) is 5.10 Å². The summed E-state index contributed by atoms with van der Waals surface area (Å²) in [5.41, 5.74) is 9.18. The normalized spacial score (nSPS) is 15.1. The Bertz CT molecular complexity index is 1180. The number of nitrogens with zero attached hydrogens (tertiary/aromatic N) is 3. The summed E-state index contributed by atoms with van der Waals surface area (Å²) in [7, 11) is 0. The van der Waals surface area contributed by atoms with Crippen LogP contribution in [0.5, 0.6) is 0 Å². The fourth-order valence-corrected chi connectivity index (χ4v) is 4.34. The van der Waals surface area contributed by atoms with Crippen LogP contribution in [0.2, 0.25) is 5.02 Å². The summed E-state index contributed by atoms with van der Waals surface area (Å²) in [6.07, 6.45) is -0.0501. The van der Waals surface area contributed by atoms with Crippen molar-refractivity contribution in [3.63, 3.8) is 0 Å². The molecule has 1 N–H and O–H groups in total. The van der Waals surface area contributed by atoms with Gasteiger partial charge in [0.05, 0.1) is 11.4 Å². The molecule has 0 amide bonds. The molecule has 4 nitrogen and oxygen atoms in total. The predicted octanol–water partition coefficient (Wildman–Crippen LogP) is 5.89. The van der Waals surface area contributed by atoms with Gasteiger partial charge in [-0.15, -0.1) is 0 Å². The Balaban J connectivity index is 1.67. The summed E-state index contributed by atoms with van der Waals surface area (Å²) in [4.78, 5) is 0. The maximum atomic E-state index is 6.08. The second-order valence-electron chi connectivity index (χ2n) is 7.35. The molecular weight excluding hydrogens is 368 g/mol. The third-order valence-electron chi connectivity index (χ3n) is 5.45. The zero-order chi connectivity index (χ0) is 19.4. The number of anilines is 1. The van der Waals surface area contributed by atoms with Gasteiger partial charge in [-0.3, -0.25) is 0 Å². The van der Waals surface area contributed by atoms with Gasteiger partial charge >= 0.3 is 0 Å². The molecule has 3 heterocycles. The van der Waals surface area contributed by atoms with Crippen molar-refractivity contribution in [3.8, 4) is 16.9 Å². The molecule has 5 heteroatoms.